The standard InChI is InChI=1S/C26H23N3O2S/c1-32-17-24-27-20-12-6-7-13-21(20)29(24)16-25(30)28-26(18-9-3-2-4-10-18)23-15-19-11-5-8-14-22(19)31-23/h2-15,26H,16-17H2,1H3,(H,28,30). The second-order valence-electron chi connectivity index (χ2n) is 7.63. The number of carbonyl (C=O) groups is 1. The molecule has 2 aromatic heterocycles. The number of hydrogen-bond acceptors (Lipinski definition) is 4. The number of fused-ring (bicyclic) bond motifs is 2. The highest BCUT2D eigenvalue weighted by atomic mass is 32.2. The second-order valence-corrected chi connectivity index (χ2v) is 8.50. The predicted molar refractivity (Wildman–Crippen MR) is 130 cm³/mol. The summed E-state index contributed by atoms with van der Waals surface area (Å²) in [5, 5.41) is 4.21. The average Bonchev–Trinajstić information content (AvgIpc) is 3.40. The maximum absolute atomic E-state index is 13.3. The van der Waals surface area contributed by atoms with Gasteiger partial charge in [-0.25, -0.2) is 4.98 Å². The van der Waals surface area contributed by atoms with E-state index in [0.29, 0.717) is 5.76 Å². The van der Waals surface area contributed by atoms with E-state index in [-0.39, 0.29) is 18.5 Å². The van der Waals surface area contributed by atoms with Crippen molar-refractivity contribution in [2.75, 3.05) is 6.26 Å². The largest absolute Gasteiger partial charge is 0.459 e. The molecule has 0 bridgehead atoms. The summed E-state index contributed by atoms with van der Waals surface area (Å²) in [6, 6.07) is 27.3. The van der Waals surface area contributed by atoms with E-state index in [2.05, 4.69) is 5.32 Å². The van der Waals surface area contributed by atoms with Crippen LogP contribution in [0.3, 0.4) is 0 Å². The summed E-state index contributed by atoms with van der Waals surface area (Å²) < 4.78 is 8.12. The maximum Gasteiger partial charge on any atom is 0.240 e. The molecule has 1 N–H and O–H groups in total. The molecule has 0 saturated heterocycles. The van der Waals surface area contributed by atoms with E-state index in [1.807, 2.05) is 95.8 Å². The van der Waals surface area contributed by atoms with Crippen LogP contribution in [-0.4, -0.2) is 21.7 Å². The van der Waals surface area contributed by atoms with Crippen molar-refractivity contribution >= 4 is 39.7 Å². The quantitative estimate of drug-likeness (QED) is 0.360. The fourth-order valence-corrected chi connectivity index (χ4v) is 4.48. The minimum absolute atomic E-state index is 0.0928. The summed E-state index contributed by atoms with van der Waals surface area (Å²) >= 11 is 1.69. The Bertz CT molecular complexity index is 1340. The first-order valence-corrected chi connectivity index (χ1v) is 11.9. The maximum atomic E-state index is 13.3. The molecule has 0 aliphatic heterocycles. The molecule has 2 heterocycles. The number of rotatable bonds is 7. The number of hydrogen-bond donors (Lipinski definition) is 1. The van der Waals surface area contributed by atoms with Crippen molar-refractivity contribution in [3.8, 4) is 0 Å². The minimum Gasteiger partial charge on any atom is -0.459 e. The summed E-state index contributed by atoms with van der Waals surface area (Å²) in [6.45, 7) is 0.194. The third kappa shape index (κ3) is 4.01. The summed E-state index contributed by atoms with van der Waals surface area (Å²) in [7, 11) is 0. The fraction of sp³-hybridized carbons (Fsp3) is 0.154. The first-order chi connectivity index (χ1) is 15.7. The Labute approximate surface area is 190 Å². The summed E-state index contributed by atoms with van der Waals surface area (Å²) in [6.07, 6.45) is 2.04. The van der Waals surface area contributed by atoms with Crippen molar-refractivity contribution in [2.45, 2.75) is 18.3 Å². The summed E-state index contributed by atoms with van der Waals surface area (Å²) in [4.78, 5) is 18.0. The van der Waals surface area contributed by atoms with Gasteiger partial charge in [0.1, 0.15) is 29.8 Å². The lowest BCUT2D eigenvalue weighted by molar-refractivity contribution is -0.122. The van der Waals surface area contributed by atoms with Gasteiger partial charge >= 0.3 is 0 Å². The zero-order chi connectivity index (χ0) is 21.9. The third-order valence-electron chi connectivity index (χ3n) is 5.48. The fourth-order valence-electron chi connectivity index (χ4n) is 4.00. The van der Waals surface area contributed by atoms with E-state index in [0.717, 1.165) is 39.1 Å². The highest BCUT2D eigenvalue weighted by Gasteiger charge is 2.22. The van der Waals surface area contributed by atoms with E-state index in [9.17, 15) is 4.79 Å². The van der Waals surface area contributed by atoms with Crippen molar-refractivity contribution < 1.29 is 9.21 Å². The molecule has 0 saturated carbocycles. The molecule has 6 heteroatoms. The van der Waals surface area contributed by atoms with Crippen LogP contribution in [0.1, 0.15) is 23.2 Å². The normalized spacial score (nSPS) is 12.3. The number of imidazole rings is 1. The van der Waals surface area contributed by atoms with Crippen molar-refractivity contribution in [1.29, 1.82) is 0 Å². The molecule has 3 aromatic carbocycles. The molecule has 0 aliphatic rings. The Kier molecular flexibility index (Phi) is 5.69. The number of nitrogens with zero attached hydrogens (tertiary/aromatic N) is 2. The molecule has 1 unspecified atom stereocenters. The Morgan fingerprint density at radius 3 is 2.59 bits per heavy atom. The van der Waals surface area contributed by atoms with E-state index in [1.54, 1.807) is 11.8 Å². The highest BCUT2D eigenvalue weighted by Crippen LogP contribution is 2.28. The topological polar surface area (TPSA) is 60.1 Å². The lowest BCUT2D eigenvalue weighted by atomic mass is 10.0. The number of thioether (sulfide) groups is 1. The van der Waals surface area contributed by atoms with Gasteiger partial charge in [0.25, 0.3) is 0 Å². The molecule has 5 aromatic rings. The van der Waals surface area contributed by atoms with E-state index >= 15 is 0 Å². The molecular weight excluding hydrogens is 418 g/mol. The van der Waals surface area contributed by atoms with Gasteiger partial charge in [0, 0.05) is 5.39 Å². The van der Waals surface area contributed by atoms with Gasteiger partial charge in [-0.3, -0.25) is 4.79 Å². The monoisotopic (exact) mass is 441 g/mol. The Morgan fingerprint density at radius 2 is 1.78 bits per heavy atom. The number of para-hydroxylation sites is 3. The van der Waals surface area contributed by atoms with Gasteiger partial charge in [-0.2, -0.15) is 11.8 Å². The van der Waals surface area contributed by atoms with E-state index < -0.39 is 0 Å². The molecule has 5 nitrogen and oxygen atoms in total. The average molecular weight is 442 g/mol. The van der Waals surface area contributed by atoms with Crippen LogP contribution in [0.5, 0.6) is 0 Å². The molecule has 32 heavy (non-hydrogen) atoms. The highest BCUT2D eigenvalue weighted by molar-refractivity contribution is 7.97. The number of carbonyl (C=O) groups excluding carboxylic acids is 1. The van der Waals surface area contributed by atoms with Gasteiger partial charge in [0.2, 0.25) is 5.91 Å². The molecule has 1 atom stereocenters. The molecule has 1 amide bonds. The third-order valence-corrected chi connectivity index (χ3v) is 6.02. The van der Waals surface area contributed by atoms with Gasteiger partial charge in [0.05, 0.1) is 16.8 Å². The van der Waals surface area contributed by atoms with Crippen LogP contribution in [0.25, 0.3) is 22.0 Å². The molecule has 160 valence electrons. The SMILES string of the molecule is CSCc1nc2ccccc2n1CC(=O)NC(c1ccccc1)c1cc2ccccc2o1. The Balaban J connectivity index is 1.47. The molecule has 0 radical (unpaired) electrons. The lowest BCUT2D eigenvalue weighted by Gasteiger charge is -2.18. The molecule has 5 rings (SSSR count). The van der Waals surface area contributed by atoms with Crippen molar-refractivity contribution in [1.82, 2.24) is 14.9 Å². The zero-order valence-electron chi connectivity index (χ0n) is 17.7. The van der Waals surface area contributed by atoms with Crippen LogP contribution in [-0.2, 0) is 17.1 Å². The predicted octanol–water partition coefficient (Wildman–Crippen LogP) is 5.55. The number of aromatic nitrogens is 2. The molecule has 0 aliphatic carbocycles. The summed E-state index contributed by atoms with van der Waals surface area (Å²) in [5.74, 6) is 2.26. The van der Waals surface area contributed by atoms with Gasteiger partial charge in [-0.15, -0.1) is 0 Å². The van der Waals surface area contributed by atoms with Gasteiger partial charge in [0.15, 0.2) is 0 Å². The van der Waals surface area contributed by atoms with E-state index in [4.69, 9.17) is 9.40 Å². The van der Waals surface area contributed by atoms with Crippen LogP contribution >= 0.6 is 11.8 Å². The molecular formula is C26H23N3O2S. The Hall–Kier alpha value is -3.51. The first-order valence-electron chi connectivity index (χ1n) is 10.5. The zero-order valence-corrected chi connectivity index (χ0v) is 18.5. The van der Waals surface area contributed by atoms with Crippen LogP contribution < -0.4 is 5.32 Å². The van der Waals surface area contributed by atoms with Crippen molar-refractivity contribution in [2.24, 2.45) is 0 Å². The van der Waals surface area contributed by atoms with Crippen LogP contribution in [0.15, 0.2) is 89.3 Å². The van der Waals surface area contributed by atoms with Crippen molar-refractivity contribution in [3.63, 3.8) is 0 Å². The molecule has 0 spiro atoms. The number of amides is 1. The number of furan rings is 1. The summed E-state index contributed by atoms with van der Waals surface area (Å²) in [5.41, 5.74) is 3.65. The van der Waals surface area contributed by atoms with Crippen LogP contribution in [0.2, 0.25) is 0 Å². The second kappa shape index (κ2) is 8.93. The van der Waals surface area contributed by atoms with Gasteiger partial charge in [-0.1, -0.05) is 60.7 Å². The minimum atomic E-state index is -0.380. The number of nitrogens with one attached hydrogen (secondary N) is 1. The molecule has 0 fully saturated rings. The smallest absolute Gasteiger partial charge is 0.240 e. The number of benzene rings is 3. The van der Waals surface area contributed by atoms with Gasteiger partial charge in [-0.05, 0) is 36.1 Å². The van der Waals surface area contributed by atoms with Crippen molar-refractivity contribution in [3.05, 3.63) is 102 Å². The van der Waals surface area contributed by atoms with Crippen LogP contribution in [0.4, 0.5) is 0 Å². The van der Waals surface area contributed by atoms with Crippen LogP contribution in [0, 0.1) is 0 Å². The lowest BCUT2D eigenvalue weighted by Crippen LogP contribution is -2.32. The van der Waals surface area contributed by atoms with Gasteiger partial charge < -0.3 is 14.3 Å². The Morgan fingerprint density at radius 1 is 1.03 bits per heavy atom. The first kappa shape index (κ1) is 20.4. The van der Waals surface area contributed by atoms with E-state index in [1.165, 1.54) is 0 Å².